The lowest BCUT2D eigenvalue weighted by Gasteiger charge is -2.35. The molecule has 96 valence electrons. The summed E-state index contributed by atoms with van der Waals surface area (Å²) in [6.45, 7) is 1.52. The van der Waals surface area contributed by atoms with Crippen molar-refractivity contribution in [3.63, 3.8) is 0 Å². The molecule has 0 saturated carbocycles. The molecule has 0 N–H and O–H groups in total. The van der Waals surface area contributed by atoms with Gasteiger partial charge in [-0.2, -0.15) is 5.06 Å². The van der Waals surface area contributed by atoms with Crippen molar-refractivity contribution in [2.24, 2.45) is 0 Å². The average Bonchev–Trinajstić information content (AvgIpc) is 2.36. The fourth-order valence-corrected chi connectivity index (χ4v) is 1.77. The predicted molar refractivity (Wildman–Crippen MR) is 60.7 cm³/mol. The predicted octanol–water partition coefficient (Wildman–Crippen LogP) is 1.45. The molecule has 0 spiro atoms. The lowest BCUT2D eigenvalue weighted by Crippen LogP contribution is -2.52. The molecule has 0 aromatic heterocycles. The summed E-state index contributed by atoms with van der Waals surface area (Å²) in [6, 6.07) is 6.72. The molecule has 1 fully saturated rings. The van der Waals surface area contributed by atoms with Crippen molar-refractivity contribution in [2.75, 3.05) is 14.2 Å². The van der Waals surface area contributed by atoms with Crippen LogP contribution in [-0.2, 0) is 20.0 Å². The van der Waals surface area contributed by atoms with Gasteiger partial charge in [-0.3, -0.25) is 4.79 Å². The third kappa shape index (κ3) is 1.85. The highest BCUT2D eigenvalue weighted by Crippen LogP contribution is 2.32. The monoisotopic (exact) mass is 251 g/mol. The summed E-state index contributed by atoms with van der Waals surface area (Å²) < 4.78 is 10.1. The minimum atomic E-state index is -1.38. The Morgan fingerprint density at radius 1 is 1.22 bits per heavy atom. The molecule has 1 aliphatic rings. The van der Waals surface area contributed by atoms with Crippen molar-refractivity contribution in [2.45, 2.75) is 12.5 Å². The van der Waals surface area contributed by atoms with Crippen LogP contribution in [0.1, 0.15) is 12.5 Å². The number of methoxy groups -OCH3 is 1. The highest BCUT2D eigenvalue weighted by molar-refractivity contribution is 5.89. The minimum absolute atomic E-state index is 0.452. The van der Waals surface area contributed by atoms with E-state index in [1.54, 1.807) is 31.4 Å². The van der Waals surface area contributed by atoms with Gasteiger partial charge in [0.05, 0.1) is 7.11 Å². The van der Waals surface area contributed by atoms with E-state index in [1.165, 1.54) is 14.0 Å². The number of ether oxygens (including phenoxy) is 2. The van der Waals surface area contributed by atoms with Crippen LogP contribution in [-0.4, -0.2) is 31.3 Å². The largest absolute Gasteiger partial charge is 0.534 e. The molecule has 0 radical (unpaired) electrons. The highest BCUT2D eigenvalue weighted by atomic mass is 16.8. The maximum absolute atomic E-state index is 12.0. The second-order valence-electron chi connectivity index (χ2n) is 4.01. The van der Waals surface area contributed by atoms with Gasteiger partial charge in [0.2, 0.25) is 5.60 Å². The third-order valence-electron chi connectivity index (χ3n) is 2.83. The van der Waals surface area contributed by atoms with Crippen LogP contribution in [0.15, 0.2) is 24.3 Å². The Kier molecular flexibility index (Phi) is 2.86. The first kappa shape index (κ1) is 12.2. The first-order valence-corrected chi connectivity index (χ1v) is 5.31. The number of cyclic esters (lactones) is 1. The van der Waals surface area contributed by atoms with Gasteiger partial charge < -0.3 is 14.3 Å². The molecule has 2 rings (SSSR count). The van der Waals surface area contributed by atoms with Crippen molar-refractivity contribution in [1.82, 2.24) is 5.06 Å². The van der Waals surface area contributed by atoms with E-state index >= 15 is 0 Å². The molecular formula is C12H13NO5. The molecule has 6 nitrogen and oxygen atoms in total. The topological polar surface area (TPSA) is 65.1 Å². The van der Waals surface area contributed by atoms with Crippen LogP contribution in [0.25, 0.3) is 0 Å². The SMILES string of the molecule is COc1ccc(C2(C)OC(=O)ON(C)C2=O)cc1. The Morgan fingerprint density at radius 2 is 1.83 bits per heavy atom. The fourth-order valence-electron chi connectivity index (χ4n) is 1.77. The molecule has 18 heavy (non-hydrogen) atoms. The molecule has 0 aliphatic carbocycles. The summed E-state index contributed by atoms with van der Waals surface area (Å²) in [5.41, 5.74) is -0.826. The van der Waals surface area contributed by atoms with Crippen molar-refractivity contribution in [3.05, 3.63) is 29.8 Å². The number of hydrogen-bond acceptors (Lipinski definition) is 5. The second-order valence-corrected chi connectivity index (χ2v) is 4.01. The van der Waals surface area contributed by atoms with Crippen LogP contribution in [0, 0.1) is 0 Å². The number of hydroxylamine groups is 2. The highest BCUT2D eigenvalue weighted by Gasteiger charge is 2.47. The number of rotatable bonds is 2. The van der Waals surface area contributed by atoms with E-state index in [-0.39, 0.29) is 0 Å². The van der Waals surface area contributed by atoms with Gasteiger partial charge in [0.1, 0.15) is 5.75 Å². The number of nitrogens with zero attached hydrogens (tertiary/aromatic N) is 1. The van der Waals surface area contributed by atoms with Crippen LogP contribution in [0.5, 0.6) is 5.75 Å². The van der Waals surface area contributed by atoms with Gasteiger partial charge in [-0.1, -0.05) is 12.1 Å². The average molecular weight is 251 g/mol. The lowest BCUT2D eigenvalue weighted by molar-refractivity contribution is -0.213. The molecule has 1 aliphatic heterocycles. The quantitative estimate of drug-likeness (QED) is 0.744. The summed E-state index contributed by atoms with van der Waals surface area (Å²) in [6.07, 6.45) is -0.907. The van der Waals surface area contributed by atoms with Crippen LogP contribution in [0.3, 0.4) is 0 Å². The van der Waals surface area contributed by atoms with Gasteiger partial charge in [0, 0.05) is 12.6 Å². The third-order valence-corrected chi connectivity index (χ3v) is 2.83. The number of likely N-dealkylation sites (N-methyl/N-ethyl adjacent to an activating group) is 1. The maximum atomic E-state index is 12.0. The van der Waals surface area contributed by atoms with Crippen LogP contribution in [0.4, 0.5) is 4.79 Å². The smallest absolute Gasteiger partial charge is 0.497 e. The summed E-state index contributed by atoms with van der Waals surface area (Å²) >= 11 is 0. The Balaban J connectivity index is 2.38. The normalized spacial score (nSPS) is 23.4. The zero-order valence-electron chi connectivity index (χ0n) is 10.3. The molecule has 6 heteroatoms. The Morgan fingerprint density at radius 3 is 2.39 bits per heavy atom. The van der Waals surface area contributed by atoms with E-state index in [2.05, 4.69) is 4.84 Å². The van der Waals surface area contributed by atoms with Gasteiger partial charge in [-0.15, -0.1) is 0 Å². The minimum Gasteiger partial charge on any atom is -0.497 e. The van der Waals surface area contributed by atoms with E-state index in [9.17, 15) is 9.59 Å². The summed E-state index contributed by atoms with van der Waals surface area (Å²) in [5, 5.41) is 0.871. The molecule has 1 aromatic rings. The van der Waals surface area contributed by atoms with Crippen molar-refractivity contribution < 1.29 is 23.9 Å². The van der Waals surface area contributed by atoms with E-state index in [1.807, 2.05) is 0 Å². The van der Waals surface area contributed by atoms with Gasteiger partial charge in [0.25, 0.3) is 0 Å². The molecule has 1 atom stereocenters. The Hall–Kier alpha value is -2.24. The molecular weight excluding hydrogens is 238 g/mol. The number of amides is 1. The van der Waals surface area contributed by atoms with Crippen molar-refractivity contribution in [3.8, 4) is 5.75 Å². The molecule has 1 aromatic carbocycles. The van der Waals surface area contributed by atoms with E-state index in [0.29, 0.717) is 11.3 Å². The lowest BCUT2D eigenvalue weighted by atomic mass is 9.94. The van der Waals surface area contributed by atoms with Gasteiger partial charge in [-0.05, 0) is 19.1 Å². The number of benzene rings is 1. The molecule has 1 amide bonds. The summed E-state index contributed by atoms with van der Waals surface area (Å²) in [7, 11) is 2.91. The van der Waals surface area contributed by atoms with Crippen LogP contribution >= 0.6 is 0 Å². The Bertz CT molecular complexity index is 484. The zero-order chi connectivity index (χ0) is 13.3. The van der Waals surface area contributed by atoms with E-state index in [4.69, 9.17) is 9.47 Å². The molecule has 0 bridgehead atoms. The number of carbonyl (C=O) groups is 2. The first-order valence-electron chi connectivity index (χ1n) is 5.31. The van der Waals surface area contributed by atoms with Gasteiger partial charge in [-0.25, -0.2) is 4.79 Å². The molecule has 1 unspecified atom stereocenters. The van der Waals surface area contributed by atoms with Crippen molar-refractivity contribution in [1.29, 1.82) is 0 Å². The number of carbonyl (C=O) groups excluding carboxylic acids is 2. The fraction of sp³-hybridized carbons (Fsp3) is 0.333. The molecule has 1 heterocycles. The van der Waals surface area contributed by atoms with Gasteiger partial charge in [0.15, 0.2) is 0 Å². The molecule has 1 saturated heterocycles. The number of hydrogen-bond donors (Lipinski definition) is 0. The van der Waals surface area contributed by atoms with Crippen LogP contribution in [0.2, 0.25) is 0 Å². The van der Waals surface area contributed by atoms with Crippen LogP contribution < -0.4 is 4.74 Å². The standard InChI is InChI=1S/C12H13NO5/c1-12(8-4-6-9(16-3)7-5-8)10(14)13(2)18-11(15)17-12/h4-7H,1-3H3. The zero-order valence-corrected chi connectivity index (χ0v) is 10.3. The van der Waals surface area contributed by atoms with Crippen molar-refractivity contribution >= 4 is 12.1 Å². The second kappa shape index (κ2) is 4.21. The Labute approximate surface area is 104 Å². The first-order chi connectivity index (χ1) is 8.47. The maximum Gasteiger partial charge on any atom is 0.534 e. The summed E-state index contributed by atoms with van der Waals surface area (Å²) in [4.78, 5) is 27.9. The van der Waals surface area contributed by atoms with E-state index in [0.717, 1.165) is 5.06 Å². The summed E-state index contributed by atoms with van der Waals surface area (Å²) in [5.74, 6) is 0.203. The van der Waals surface area contributed by atoms with E-state index < -0.39 is 17.7 Å². The van der Waals surface area contributed by atoms with Gasteiger partial charge >= 0.3 is 12.1 Å².